The highest BCUT2D eigenvalue weighted by Gasteiger charge is 2.28. The van der Waals surface area contributed by atoms with Crippen molar-refractivity contribution in [3.05, 3.63) is 17.0 Å². The third-order valence-corrected chi connectivity index (χ3v) is 2.81. The average Bonchev–Trinajstić information content (AvgIpc) is 2.47. The van der Waals surface area contributed by atoms with Crippen LogP contribution in [0.5, 0.6) is 0 Å². The first kappa shape index (κ1) is 8.75. The molecule has 1 aromatic rings. The molecule has 0 fully saturated rings. The lowest BCUT2D eigenvalue weighted by Gasteiger charge is -2.22. The molecular formula is C10H15NO2. The molecule has 3 heteroatoms. The largest absolute Gasteiger partial charge is 0.390 e. The second-order valence-corrected chi connectivity index (χ2v) is 4.07. The van der Waals surface area contributed by atoms with Crippen molar-refractivity contribution in [1.29, 1.82) is 0 Å². The van der Waals surface area contributed by atoms with Crippen LogP contribution in [0.25, 0.3) is 0 Å². The maximum absolute atomic E-state index is 9.04. The molecule has 72 valence electrons. The normalized spacial score (nSPS) is 27.3. The number of aromatic nitrogens is 1. The van der Waals surface area contributed by atoms with E-state index in [1.807, 2.05) is 0 Å². The molecule has 1 heterocycles. The van der Waals surface area contributed by atoms with Gasteiger partial charge in [-0.3, -0.25) is 0 Å². The van der Waals surface area contributed by atoms with Crippen LogP contribution in [0, 0.1) is 5.92 Å². The van der Waals surface area contributed by atoms with E-state index in [0.29, 0.717) is 11.8 Å². The van der Waals surface area contributed by atoms with Crippen molar-refractivity contribution in [3.63, 3.8) is 0 Å². The maximum atomic E-state index is 9.04. The Morgan fingerprint density at radius 3 is 3.00 bits per heavy atom. The van der Waals surface area contributed by atoms with Gasteiger partial charge in [-0.1, -0.05) is 19.0 Å². The molecule has 3 nitrogen and oxygen atoms in total. The van der Waals surface area contributed by atoms with E-state index >= 15 is 0 Å². The summed E-state index contributed by atoms with van der Waals surface area (Å²) in [5, 5.41) is 12.9. The van der Waals surface area contributed by atoms with Gasteiger partial charge in [-0.2, -0.15) is 0 Å². The SMILES string of the molecule is CC1Cc2onc(CO)c2C(C)C1. The zero-order valence-corrected chi connectivity index (χ0v) is 8.08. The van der Waals surface area contributed by atoms with Crippen molar-refractivity contribution in [2.24, 2.45) is 5.92 Å². The Hall–Kier alpha value is -0.830. The smallest absolute Gasteiger partial charge is 0.140 e. The first-order chi connectivity index (χ1) is 6.22. The maximum Gasteiger partial charge on any atom is 0.140 e. The molecule has 0 spiro atoms. The summed E-state index contributed by atoms with van der Waals surface area (Å²) in [5.74, 6) is 2.13. The fourth-order valence-electron chi connectivity index (χ4n) is 2.31. The van der Waals surface area contributed by atoms with Gasteiger partial charge in [-0.15, -0.1) is 0 Å². The third-order valence-electron chi connectivity index (χ3n) is 2.81. The highest BCUT2D eigenvalue weighted by atomic mass is 16.5. The van der Waals surface area contributed by atoms with E-state index in [-0.39, 0.29) is 6.61 Å². The first-order valence-electron chi connectivity index (χ1n) is 4.80. The van der Waals surface area contributed by atoms with E-state index in [2.05, 4.69) is 19.0 Å². The Bertz CT molecular complexity index is 306. The minimum atomic E-state index is -0.00243. The number of nitrogens with zero attached hydrogens (tertiary/aromatic N) is 1. The summed E-state index contributed by atoms with van der Waals surface area (Å²) >= 11 is 0. The molecule has 1 aromatic heterocycles. The van der Waals surface area contributed by atoms with Gasteiger partial charge in [-0.25, -0.2) is 0 Å². The second-order valence-electron chi connectivity index (χ2n) is 4.07. The molecule has 2 atom stereocenters. The van der Waals surface area contributed by atoms with Gasteiger partial charge in [0.1, 0.15) is 11.5 Å². The number of hydrogen-bond acceptors (Lipinski definition) is 3. The van der Waals surface area contributed by atoms with Crippen molar-refractivity contribution >= 4 is 0 Å². The van der Waals surface area contributed by atoms with Crippen molar-refractivity contribution in [3.8, 4) is 0 Å². The molecule has 13 heavy (non-hydrogen) atoms. The Morgan fingerprint density at radius 2 is 2.31 bits per heavy atom. The van der Waals surface area contributed by atoms with Gasteiger partial charge in [0.15, 0.2) is 0 Å². The van der Waals surface area contributed by atoms with Crippen LogP contribution >= 0.6 is 0 Å². The molecule has 0 amide bonds. The van der Waals surface area contributed by atoms with E-state index in [1.54, 1.807) is 0 Å². The molecule has 0 radical (unpaired) electrons. The van der Waals surface area contributed by atoms with Crippen LogP contribution in [0.1, 0.15) is 43.2 Å². The van der Waals surface area contributed by atoms with Gasteiger partial charge < -0.3 is 9.63 Å². The Balaban J connectivity index is 2.40. The van der Waals surface area contributed by atoms with Gasteiger partial charge in [0.05, 0.1) is 6.61 Å². The average molecular weight is 181 g/mol. The molecule has 2 rings (SSSR count). The fourth-order valence-corrected chi connectivity index (χ4v) is 2.31. The summed E-state index contributed by atoms with van der Waals surface area (Å²) in [4.78, 5) is 0. The molecule has 1 aliphatic carbocycles. The van der Waals surface area contributed by atoms with Crippen LogP contribution in [0.15, 0.2) is 4.52 Å². The van der Waals surface area contributed by atoms with Crippen LogP contribution in [0.2, 0.25) is 0 Å². The Labute approximate surface area is 77.7 Å². The number of hydrogen-bond donors (Lipinski definition) is 1. The van der Waals surface area contributed by atoms with E-state index in [4.69, 9.17) is 9.63 Å². The van der Waals surface area contributed by atoms with Gasteiger partial charge >= 0.3 is 0 Å². The van der Waals surface area contributed by atoms with Crippen LogP contribution in [-0.2, 0) is 13.0 Å². The van der Waals surface area contributed by atoms with Crippen molar-refractivity contribution in [2.75, 3.05) is 0 Å². The minimum Gasteiger partial charge on any atom is -0.390 e. The molecule has 1 aliphatic rings. The Morgan fingerprint density at radius 1 is 1.54 bits per heavy atom. The van der Waals surface area contributed by atoms with Gasteiger partial charge in [0, 0.05) is 12.0 Å². The molecule has 0 bridgehead atoms. The van der Waals surface area contributed by atoms with Crippen molar-refractivity contribution < 1.29 is 9.63 Å². The Kier molecular flexibility index (Phi) is 2.12. The molecule has 0 saturated heterocycles. The lowest BCUT2D eigenvalue weighted by molar-refractivity contribution is 0.264. The van der Waals surface area contributed by atoms with Gasteiger partial charge in [0.2, 0.25) is 0 Å². The summed E-state index contributed by atoms with van der Waals surface area (Å²) in [6, 6.07) is 0. The van der Waals surface area contributed by atoms with Crippen LogP contribution in [0.4, 0.5) is 0 Å². The van der Waals surface area contributed by atoms with Gasteiger partial charge in [0.25, 0.3) is 0 Å². The quantitative estimate of drug-likeness (QED) is 0.719. The molecule has 0 aliphatic heterocycles. The van der Waals surface area contributed by atoms with Crippen LogP contribution < -0.4 is 0 Å². The third kappa shape index (κ3) is 1.37. The molecule has 0 saturated carbocycles. The summed E-state index contributed by atoms with van der Waals surface area (Å²) in [5.41, 5.74) is 1.88. The minimum absolute atomic E-state index is 0.00243. The van der Waals surface area contributed by atoms with Crippen LogP contribution in [0.3, 0.4) is 0 Å². The van der Waals surface area contributed by atoms with E-state index in [9.17, 15) is 0 Å². The number of aliphatic hydroxyl groups is 1. The highest BCUT2D eigenvalue weighted by molar-refractivity contribution is 5.29. The van der Waals surface area contributed by atoms with Crippen molar-refractivity contribution in [1.82, 2.24) is 5.16 Å². The molecule has 0 aromatic carbocycles. The van der Waals surface area contributed by atoms with E-state index in [0.717, 1.165) is 23.4 Å². The van der Waals surface area contributed by atoms with Crippen LogP contribution in [-0.4, -0.2) is 10.3 Å². The summed E-state index contributed by atoms with van der Waals surface area (Å²) < 4.78 is 5.21. The zero-order valence-electron chi connectivity index (χ0n) is 8.08. The number of aliphatic hydroxyl groups excluding tert-OH is 1. The number of fused-ring (bicyclic) bond motifs is 1. The zero-order chi connectivity index (χ0) is 9.42. The molecule has 2 unspecified atom stereocenters. The summed E-state index contributed by atoms with van der Waals surface area (Å²) in [6.07, 6.45) is 2.13. The van der Waals surface area contributed by atoms with E-state index in [1.165, 1.54) is 6.42 Å². The lowest BCUT2D eigenvalue weighted by atomic mass is 9.81. The monoisotopic (exact) mass is 181 g/mol. The van der Waals surface area contributed by atoms with Crippen molar-refractivity contribution in [2.45, 2.75) is 39.2 Å². The predicted octanol–water partition coefficient (Wildman–Crippen LogP) is 1.85. The molecular weight excluding hydrogens is 166 g/mol. The van der Waals surface area contributed by atoms with E-state index < -0.39 is 0 Å². The second kappa shape index (κ2) is 3.14. The number of rotatable bonds is 1. The molecule has 1 N–H and O–H groups in total. The highest BCUT2D eigenvalue weighted by Crippen LogP contribution is 2.36. The van der Waals surface area contributed by atoms with Gasteiger partial charge in [-0.05, 0) is 18.3 Å². The lowest BCUT2D eigenvalue weighted by Crippen LogP contribution is -2.14. The fraction of sp³-hybridized carbons (Fsp3) is 0.700. The summed E-state index contributed by atoms with van der Waals surface area (Å²) in [6.45, 7) is 4.39. The topological polar surface area (TPSA) is 46.3 Å². The first-order valence-corrected chi connectivity index (χ1v) is 4.80. The standard InChI is InChI=1S/C10H15NO2/c1-6-3-7(2)10-8(5-12)11-13-9(10)4-6/h6-7,12H,3-5H2,1-2H3. The predicted molar refractivity (Wildman–Crippen MR) is 48.3 cm³/mol. The summed E-state index contributed by atoms with van der Waals surface area (Å²) in [7, 11) is 0.